The number of ether oxygens (including phenoxy) is 2. The van der Waals surface area contributed by atoms with Crippen LogP contribution in [-0.2, 0) is 9.47 Å². The van der Waals surface area contributed by atoms with Crippen molar-refractivity contribution < 1.29 is 22.6 Å². The van der Waals surface area contributed by atoms with Gasteiger partial charge in [-0.25, -0.2) is 14.1 Å². The maximum atomic E-state index is 15.8. The van der Waals surface area contributed by atoms with E-state index >= 15 is 4.39 Å². The molecule has 2 aromatic heterocycles. The summed E-state index contributed by atoms with van der Waals surface area (Å²) in [7, 11) is 0. The van der Waals surface area contributed by atoms with Crippen LogP contribution in [0.2, 0.25) is 0 Å². The van der Waals surface area contributed by atoms with Gasteiger partial charge >= 0.3 is 6.55 Å². The molecule has 5 rings (SSSR count). The fraction of sp³-hybridized carbons (Fsp3) is 0.318. The second kappa shape index (κ2) is 9.08. The Balaban J connectivity index is 1.38. The van der Waals surface area contributed by atoms with Crippen LogP contribution in [0.15, 0.2) is 65.0 Å². The number of nitrogens with zero attached hydrogens (tertiary/aromatic N) is 4. The SMILES string of the molecule is FC(F)n1cc(C2=C(CC3(F)COC(c4ccccc4)OC3)NC(c3nccs3)=NC2)cn1. The zero-order chi connectivity index (χ0) is 22.8. The summed E-state index contributed by atoms with van der Waals surface area (Å²) in [6.07, 6.45) is 3.50. The normalized spacial score (nSPS) is 23.5. The van der Waals surface area contributed by atoms with Crippen LogP contribution in [0.25, 0.3) is 5.57 Å². The Morgan fingerprint density at radius 2 is 2.00 bits per heavy atom. The van der Waals surface area contributed by atoms with E-state index in [-0.39, 0.29) is 26.2 Å². The molecule has 2 aliphatic heterocycles. The van der Waals surface area contributed by atoms with Crippen LogP contribution < -0.4 is 5.32 Å². The highest BCUT2D eigenvalue weighted by Crippen LogP contribution is 2.35. The lowest BCUT2D eigenvalue weighted by molar-refractivity contribution is -0.237. The lowest BCUT2D eigenvalue weighted by Crippen LogP contribution is -2.44. The standard InChI is InChI=1S/C22H20F3N5O2S/c23-21(24)30-11-15(9-28-30)16-10-27-18(19-26-6-7-33-19)29-17(16)8-22(25)12-31-20(32-13-22)14-4-2-1-3-5-14/h1-7,9,11,20-21H,8,10,12-13H2,(H,27,29). The van der Waals surface area contributed by atoms with Crippen molar-refractivity contribution in [3.05, 3.63) is 76.1 Å². The van der Waals surface area contributed by atoms with E-state index in [2.05, 4.69) is 20.4 Å². The van der Waals surface area contributed by atoms with E-state index in [0.29, 0.717) is 32.4 Å². The predicted molar refractivity (Wildman–Crippen MR) is 117 cm³/mol. The van der Waals surface area contributed by atoms with Crippen LogP contribution in [0.4, 0.5) is 13.2 Å². The van der Waals surface area contributed by atoms with Crippen molar-refractivity contribution in [2.75, 3.05) is 19.8 Å². The second-order valence-electron chi connectivity index (χ2n) is 7.76. The molecule has 7 nitrogen and oxygen atoms in total. The lowest BCUT2D eigenvalue weighted by Gasteiger charge is -2.36. The maximum absolute atomic E-state index is 15.8. The van der Waals surface area contributed by atoms with E-state index in [1.165, 1.54) is 23.7 Å². The number of benzene rings is 1. The number of allylic oxidation sites excluding steroid dienone is 1. The molecule has 1 aromatic carbocycles. The molecule has 1 saturated heterocycles. The molecule has 11 heteroatoms. The Morgan fingerprint density at radius 3 is 2.67 bits per heavy atom. The van der Waals surface area contributed by atoms with E-state index in [1.807, 2.05) is 35.7 Å². The van der Waals surface area contributed by atoms with Crippen molar-refractivity contribution in [1.82, 2.24) is 20.1 Å². The van der Waals surface area contributed by atoms with Gasteiger partial charge in [-0.1, -0.05) is 30.3 Å². The zero-order valence-corrected chi connectivity index (χ0v) is 18.1. The van der Waals surface area contributed by atoms with Crippen LogP contribution in [0.3, 0.4) is 0 Å². The minimum Gasteiger partial charge on any atom is -0.345 e. The highest BCUT2D eigenvalue weighted by atomic mass is 32.1. The molecule has 172 valence electrons. The summed E-state index contributed by atoms with van der Waals surface area (Å²) < 4.78 is 53.9. The van der Waals surface area contributed by atoms with Crippen LogP contribution in [-0.4, -0.2) is 46.0 Å². The summed E-state index contributed by atoms with van der Waals surface area (Å²) in [5, 5.41) is 9.33. The molecular formula is C22H20F3N5O2S. The number of rotatable bonds is 6. The fourth-order valence-corrected chi connectivity index (χ4v) is 4.35. The van der Waals surface area contributed by atoms with Gasteiger partial charge in [0, 0.05) is 46.6 Å². The Morgan fingerprint density at radius 1 is 1.21 bits per heavy atom. The maximum Gasteiger partial charge on any atom is 0.333 e. The van der Waals surface area contributed by atoms with E-state index in [0.717, 1.165) is 5.56 Å². The average molecular weight is 475 g/mol. The molecule has 0 amide bonds. The number of hydrogen-bond acceptors (Lipinski definition) is 7. The van der Waals surface area contributed by atoms with Gasteiger partial charge in [0.2, 0.25) is 0 Å². The molecule has 2 aliphatic rings. The van der Waals surface area contributed by atoms with Gasteiger partial charge in [-0.3, -0.25) is 4.99 Å². The molecule has 0 atom stereocenters. The summed E-state index contributed by atoms with van der Waals surface area (Å²) in [5.41, 5.74) is 0.542. The molecule has 0 spiro atoms. The van der Waals surface area contributed by atoms with Gasteiger partial charge in [0.25, 0.3) is 0 Å². The molecule has 33 heavy (non-hydrogen) atoms. The van der Waals surface area contributed by atoms with Gasteiger partial charge < -0.3 is 14.8 Å². The quantitative estimate of drug-likeness (QED) is 0.574. The van der Waals surface area contributed by atoms with E-state index in [4.69, 9.17) is 9.47 Å². The van der Waals surface area contributed by atoms with Crippen molar-refractivity contribution >= 4 is 22.7 Å². The molecule has 0 aliphatic carbocycles. The molecule has 0 radical (unpaired) electrons. The van der Waals surface area contributed by atoms with Crippen LogP contribution in [0, 0.1) is 0 Å². The number of thiazole rings is 1. The van der Waals surface area contributed by atoms with Gasteiger partial charge in [0.1, 0.15) is 0 Å². The predicted octanol–water partition coefficient (Wildman–Crippen LogP) is 4.34. The van der Waals surface area contributed by atoms with E-state index < -0.39 is 18.5 Å². The Hall–Kier alpha value is -3.02. The van der Waals surface area contributed by atoms with Gasteiger partial charge in [0.15, 0.2) is 22.8 Å². The molecule has 1 N–H and O–H groups in total. The van der Waals surface area contributed by atoms with Crippen LogP contribution in [0.1, 0.15) is 35.4 Å². The molecule has 3 aromatic rings. The number of amidine groups is 1. The zero-order valence-electron chi connectivity index (χ0n) is 17.3. The summed E-state index contributed by atoms with van der Waals surface area (Å²) in [6.45, 7) is -2.94. The lowest BCUT2D eigenvalue weighted by atomic mass is 9.95. The summed E-state index contributed by atoms with van der Waals surface area (Å²) in [6, 6.07) is 9.32. The van der Waals surface area contributed by atoms with Gasteiger partial charge in [-0.2, -0.15) is 13.9 Å². The Bertz CT molecular complexity index is 1160. The second-order valence-corrected chi connectivity index (χ2v) is 8.66. The molecule has 4 heterocycles. The molecule has 0 unspecified atom stereocenters. The van der Waals surface area contributed by atoms with E-state index in [1.54, 1.807) is 6.20 Å². The first-order valence-electron chi connectivity index (χ1n) is 10.2. The molecule has 1 fully saturated rings. The van der Waals surface area contributed by atoms with Crippen molar-refractivity contribution in [1.29, 1.82) is 0 Å². The first kappa shape index (κ1) is 21.8. The minimum absolute atomic E-state index is 0.0753. The Labute approximate surface area is 191 Å². The first-order chi connectivity index (χ1) is 16.0. The van der Waals surface area contributed by atoms with E-state index in [9.17, 15) is 8.78 Å². The number of aliphatic imine (C=N–C) groups is 1. The first-order valence-corrected chi connectivity index (χ1v) is 11.1. The smallest absolute Gasteiger partial charge is 0.333 e. The highest BCUT2D eigenvalue weighted by molar-refractivity contribution is 7.11. The van der Waals surface area contributed by atoms with Crippen LogP contribution in [0.5, 0.6) is 0 Å². The minimum atomic E-state index is -2.77. The van der Waals surface area contributed by atoms with Crippen molar-refractivity contribution in [3.63, 3.8) is 0 Å². The summed E-state index contributed by atoms with van der Waals surface area (Å²) >= 11 is 1.39. The summed E-state index contributed by atoms with van der Waals surface area (Å²) in [4.78, 5) is 8.74. The average Bonchev–Trinajstić information content (AvgIpc) is 3.53. The third-order valence-electron chi connectivity index (χ3n) is 5.37. The largest absolute Gasteiger partial charge is 0.345 e. The van der Waals surface area contributed by atoms with Gasteiger partial charge in [0.05, 0.1) is 26.0 Å². The number of aromatic nitrogens is 3. The monoisotopic (exact) mass is 475 g/mol. The number of alkyl halides is 3. The third kappa shape index (κ3) is 4.70. The van der Waals surface area contributed by atoms with Crippen LogP contribution >= 0.6 is 11.3 Å². The molecular weight excluding hydrogens is 455 g/mol. The fourth-order valence-electron chi connectivity index (χ4n) is 3.75. The van der Waals surface area contributed by atoms with Gasteiger partial charge in [-0.15, -0.1) is 11.3 Å². The van der Waals surface area contributed by atoms with Crippen molar-refractivity contribution in [2.24, 2.45) is 4.99 Å². The Kier molecular flexibility index (Phi) is 6.00. The third-order valence-corrected chi connectivity index (χ3v) is 6.15. The van der Waals surface area contributed by atoms with Crippen molar-refractivity contribution in [2.45, 2.75) is 24.9 Å². The molecule has 0 saturated carbocycles. The highest BCUT2D eigenvalue weighted by Gasteiger charge is 2.40. The number of hydrogen-bond donors (Lipinski definition) is 1. The molecule has 0 bridgehead atoms. The number of halogens is 3. The topological polar surface area (TPSA) is 73.6 Å². The summed E-state index contributed by atoms with van der Waals surface area (Å²) in [5.74, 6) is 0.508. The number of nitrogens with one attached hydrogen (secondary N) is 1. The van der Waals surface area contributed by atoms with Gasteiger partial charge in [-0.05, 0) is 0 Å². The van der Waals surface area contributed by atoms with Crippen molar-refractivity contribution in [3.8, 4) is 0 Å².